The summed E-state index contributed by atoms with van der Waals surface area (Å²) in [7, 11) is 0. The van der Waals surface area contributed by atoms with Crippen LogP contribution in [0.1, 0.15) is 65.4 Å². The quantitative estimate of drug-likeness (QED) is 0.652. The van der Waals surface area contributed by atoms with Gasteiger partial charge in [-0.25, -0.2) is 0 Å². The minimum atomic E-state index is 0.195. The van der Waals surface area contributed by atoms with Gasteiger partial charge in [-0.2, -0.15) is 5.26 Å². The summed E-state index contributed by atoms with van der Waals surface area (Å²) < 4.78 is 0. The second-order valence-corrected chi connectivity index (χ2v) is 10.3. The molecule has 0 aromatic heterocycles. The summed E-state index contributed by atoms with van der Waals surface area (Å²) >= 11 is 1.82. The summed E-state index contributed by atoms with van der Waals surface area (Å²) in [4.78, 5) is 1.02. The first-order valence-electron chi connectivity index (χ1n) is 9.63. The van der Waals surface area contributed by atoms with E-state index in [4.69, 9.17) is 5.26 Å². The molecular weight excluding hydrogens is 326 g/mol. The SMILES string of the molecule is CC1CCC2C(C)(C)CCCC2(C)C1CSc1cc(O)cc(C#N)c1. The molecular formula is C22H31NOS. The fourth-order valence-corrected chi connectivity index (χ4v) is 7.38. The zero-order valence-electron chi connectivity index (χ0n) is 16.0. The lowest BCUT2D eigenvalue weighted by Gasteiger charge is -2.59. The summed E-state index contributed by atoms with van der Waals surface area (Å²) in [6, 6.07) is 7.38. The topological polar surface area (TPSA) is 44.0 Å². The fraction of sp³-hybridized carbons (Fsp3) is 0.682. The Morgan fingerprint density at radius 3 is 2.68 bits per heavy atom. The van der Waals surface area contributed by atoms with E-state index in [9.17, 15) is 5.11 Å². The average molecular weight is 358 g/mol. The number of nitrogens with zero attached hydrogens (tertiary/aromatic N) is 1. The molecule has 0 saturated heterocycles. The normalized spacial score (nSPS) is 34.1. The van der Waals surface area contributed by atoms with Gasteiger partial charge in [0.25, 0.3) is 0 Å². The number of phenolic OH excluding ortho intramolecular Hbond substituents is 1. The molecule has 1 N–H and O–H groups in total. The van der Waals surface area contributed by atoms with Gasteiger partial charge in [-0.3, -0.25) is 0 Å². The highest BCUT2D eigenvalue weighted by atomic mass is 32.2. The van der Waals surface area contributed by atoms with Gasteiger partial charge in [0.1, 0.15) is 5.75 Å². The summed E-state index contributed by atoms with van der Waals surface area (Å²) in [5.41, 5.74) is 1.41. The minimum Gasteiger partial charge on any atom is -0.508 e. The third-order valence-electron chi connectivity index (χ3n) is 7.17. The van der Waals surface area contributed by atoms with Crippen LogP contribution in [0.2, 0.25) is 0 Å². The molecule has 0 bridgehead atoms. The molecule has 4 atom stereocenters. The van der Waals surface area contributed by atoms with Crippen LogP contribution >= 0.6 is 11.8 Å². The van der Waals surface area contributed by atoms with Crippen molar-refractivity contribution in [2.45, 2.75) is 64.7 Å². The zero-order chi connectivity index (χ0) is 18.2. The second kappa shape index (κ2) is 6.88. The maximum atomic E-state index is 9.86. The van der Waals surface area contributed by atoms with Crippen LogP contribution in [-0.2, 0) is 0 Å². The van der Waals surface area contributed by atoms with Crippen molar-refractivity contribution >= 4 is 11.8 Å². The monoisotopic (exact) mass is 357 g/mol. The largest absolute Gasteiger partial charge is 0.508 e. The molecule has 2 nitrogen and oxygen atoms in total. The van der Waals surface area contributed by atoms with Gasteiger partial charge in [-0.15, -0.1) is 11.8 Å². The van der Waals surface area contributed by atoms with Crippen molar-refractivity contribution in [3.05, 3.63) is 23.8 Å². The average Bonchev–Trinajstić information content (AvgIpc) is 2.52. The molecule has 0 radical (unpaired) electrons. The molecule has 1 aromatic rings. The predicted octanol–water partition coefficient (Wildman–Crippen LogP) is 6.23. The summed E-state index contributed by atoms with van der Waals surface area (Å²) in [6.45, 7) is 9.92. The Morgan fingerprint density at radius 1 is 1.20 bits per heavy atom. The molecule has 1 aromatic carbocycles. The number of hydrogen-bond donors (Lipinski definition) is 1. The molecule has 4 unspecified atom stereocenters. The van der Waals surface area contributed by atoms with Crippen LogP contribution in [0.5, 0.6) is 5.75 Å². The highest BCUT2D eigenvalue weighted by molar-refractivity contribution is 7.99. The van der Waals surface area contributed by atoms with E-state index in [1.165, 1.54) is 38.2 Å². The Labute approximate surface area is 157 Å². The van der Waals surface area contributed by atoms with Crippen LogP contribution in [0.15, 0.2) is 23.1 Å². The third kappa shape index (κ3) is 3.56. The Balaban J connectivity index is 1.80. The molecule has 2 saturated carbocycles. The smallest absolute Gasteiger partial charge is 0.118 e. The minimum absolute atomic E-state index is 0.195. The van der Waals surface area contributed by atoms with Crippen LogP contribution < -0.4 is 0 Å². The molecule has 0 heterocycles. The lowest BCUT2D eigenvalue weighted by Crippen LogP contribution is -2.51. The number of benzene rings is 1. The lowest BCUT2D eigenvalue weighted by molar-refractivity contribution is -0.0850. The van der Waals surface area contributed by atoms with E-state index in [1.807, 2.05) is 17.8 Å². The van der Waals surface area contributed by atoms with Gasteiger partial charge in [0.2, 0.25) is 0 Å². The molecule has 2 aliphatic rings. The first-order chi connectivity index (χ1) is 11.8. The molecule has 136 valence electrons. The Hall–Kier alpha value is -1.14. The maximum Gasteiger partial charge on any atom is 0.118 e. The summed E-state index contributed by atoms with van der Waals surface area (Å²) in [5.74, 6) is 3.54. The number of fused-ring (bicyclic) bond motifs is 1. The van der Waals surface area contributed by atoms with Gasteiger partial charge >= 0.3 is 0 Å². The second-order valence-electron chi connectivity index (χ2n) is 9.20. The first-order valence-corrected chi connectivity index (χ1v) is 10.6. The summed E-state index contributed by atoms with van der Waals surface area (Å²) in [5, 5.41) is 19.0. The van der Waals surface area contributed by atoms with Gasteiger partial charge in [0, 0.05) is 10.6 Å². The van der Waals surface area contributed by atoms with Gasteiger partial charge < -0.3 is 5.11 Å². The van der Waals surface area contributed by atoms with Crippen molar-refractivity contribution in [3.8, 4) is 11.8 Å². The number of aromatic hydroxyl groups is 1. The molecule has 25 heavy (non-hydrogen) atoms. The van der Waals surface area contributed by atoms with E-state index in [0.29, 0.717) is 22.3 Å². The number of phenols is 1. The van der Waals surface area contributed by atoms with Crippen molar-refractivity contribution < 1.29 is 5.11 Å². The Bertz CT molecular complexity index is 677. The Morgan fingerprint density at radius 2 is 1.96 bits per heavy atom. The van der Waals surface area contributed by atoms with E-state index in [0.717, 1.165) is 22.5 Å². The highest BCUT2D eigenvalue weighted by Crippen LogP contribution is 2.61. The van der Waals surface area contributed by atoms with Crippen molar-refractivity contribution in [2.24, 2.45) is 28.6 Å². The van der Waals surface area contributed by atoms with Crippen molar-refractivity contribution in [3.63, 3.8) is 0 Å². The zero-order valence-corrected chi connectivity index (χ0v) is 16.8. The first kappa shape index (κ1) is 18.6. The van der Waals surface area contributed by atoms with Crippen molar-refractivity contribution in [1.82, 2.24) is 0 Å². The molecule has 0 aliphatic heterocycles. The van der Waals surface area contributed by atoms with Crippen LogP contribution in [0, 0.1) is 39.9 Å². The molecule has 2 fully saturated rings. The summed E-state index contributed by atoms with van der Waals surface area (Å²) in [6.07, 6.45) is 6.76. The highest BCUT2D eigenvalue weighted by Gasteiger charge is 2.53. The third-order valence-corrected chi connectivity index (χ3v) is 8.27. The van der Waals surface area contributed by atoms with E-state index in [1.54, 1.807) is 6.07 Å². The van der Waals surface area contributed by atoms with E-state index >= 15 is 0 Å². The van der Waals surface area contributed by atoms with Crippen molar-refractivity contribution in [1.29, 1.82) is 5.26 Å². The van der Waals surface area contributed by atoms with Crippen LogP contribution in [0.4, 0.5) is 0 Å². The molecule has 2 aliphatic carbocycles. The van der Waals surface area contributed by atoms with E-state index < -0.39 is 0 Å². The number of rotatable bonds is 3. The lowest BCUT2D eigenvalue weighted by atomic mass is 9.47. The van der Waals surface area contributed by atoms with Crippen LogP contribution in [-0.4, -0.2) is 10.9 Å². The standard InChI is InChI=1S/C22H31NOS/c1-15-6-7-20-21(2,3)8-5-9-22(20,4)19(15)14-25-18-11-16(13-23)10-17(24)12-18/h10-12,15,19-20,24H,5-9,14H2,1-4H3. The molecule has 0 spiro atoms. The number of nitriles is 1. The van der Waals surface area contributed by atoms with Crippen molar-refractivity contribution in [2.75, 3.05) is 5.75 Å². The number of thioether (sulfide) groups is 1. The molecule has 3 heteroatoms. The number of hydrogen-bond acceptors (Lipinski definition) is 3. The van der Waals surface area contributed by atoms with E-state index in [2.05, 4.69) is 33.8 Å². The molecule has 3 rings (SSSR count). The molecule has 0 amide bonds. The predicted molar refractivity (Wildman–Crippen MR) is 105 cm³/mol. The van der Waals surface area contributed by atoms with Gasteiger partial charge in [-0.05, 0) is 66.0 Å². The van der Waals surface area contributed by atoms with Gasteiger partial charge in [-0.1, -0.05) is 40.5 Å². The van der Waals surface area contributed by atoms with Gasteiger partial charge in [0.15, 0.2) is 0 Å². The Kier molecular flexibility index (Phi) is 5.13. The maximum absolute atomic E-state index is 9.86. The van der Waals surface area contributed by atoms with Crippen LogP contribution in [0.25, 0.3) is 0 Å². The van der Waals surface area contributed by atoms with Gasteiger partial charge in [0.05, 0.1) is 11.6 Å². The van der Waals surface area contributed by atoms with E-state index in [-0.39, 0.29) is 5.75 Å². The fourth-order valence-electron chi connectivity index (χ4n) is 5.88. The van der Waals surface area contributed by atoms with Crippen LogP contribution in [0.3, 0.4) is 0 Å².